The molecule has 2 aromatic rings. The van der Waals surface area contributed by atoms with Crippen LogP contribution in [0.1, 0.15) is 5.56 Å². The molecule has 0 saturated heterocycles. The van der Waals surface area contributed by atoms with Crippen molar-refractivity contribution in [2.75, 3.05) is 0 Å². The highest BCUT2D eigenvalue weighted by molar-refractivity contribution is 5.49. The maximum atomic E-state index is 11.1. The van der Waals surface area contributed by atoms with Crippen LogP contribution in [-0.4, -0.2) is 19.8 Å². The second-order valence-corrected chi connectivity index (χ2v) is 2.28. The molecule has 1 N–H and O–H groups in total. The number of aromatic amines is 1. The Morgan fingerprint density at radius 1 is 1.55 bits per heavy atom. The smallest absolute Gasteiger partial charge is 0.277 e. The monoisotopic (exact) mass is 150 g/mol. The number of hydrogen-bond acceptors (Lipinski definition) is 3. The van der Waals surface area contributed by atoms with E-state index in [0.717, 1.165) is 5.56 Å². The van der Waals surface area contributed by atoms with Crippen LogP contribution in [0.5, 0.6) is 0 Å². The zero-order valence-corrected chi connectivity index (χ0v) is 5.90. The lowest BCUT2D eigenvalue weighted by molar-refractivity contribution is 0.773. The van der Waals surface area contributed by atoms with E-state index >= 15 is 0 Å². The second kappa shape index (κ2) is 1.91. The summed E-state index contributed by atoms with van der Waals surface area (Å²) < 4.78 is 1.31. The van der Waals surface area contributed by atoms with Crippen LogP contribution in [0.2, 0.25) is 0 Å². The van der Waals surface area contributed by atoms with Crippen LogP contribution >= 0.6 is 0 Å². The molecule has 5 heteroatoms. The van der Waals surface area contributed by atoms with Gasteiger partial charge in [-0.05, 0) is 6.92 Å². The number of aryl methyl sites for hydroxylation is 1. The fourth-order valence-corrected chi connectivity index (χ4v) is 0.986. The molecule has 0 aromatic carbocycles. The molecule has 0 radical (unpaired) electrons. The number of nitrogens with zero attached hydrogens (tertiary/aromatic N) is 3. The molecule has 2 aromatic heterocycles. The molecule has 0 aliphatic carbocycles. The minimum atomic E-state index is -0.157. The molecule has 5 nitrogen and oxygen atoms in total. The Hall–Kier alpha value is -1.65. The van der Waals surface area contributed by atoms with Gasteiger partial charge in [0.05, 0.1) is 6.20 Å². The Morgan fingerprint density at radius 2 is 2.36 bits per heavy atom. The predicted molar refractivity (Wildman–Crippen MR) is 38.3 cm³/mol. The predicted octanol–water partition coefficient (Wildman–Crippen LogP) is -0.274. The van der Waals surface area contributed by atoms with Crippen LogP contribution in [0, 0.1) is 6.92 Å². The van der Waals surface area contributed by atoms with Crippen molar-refractivity contribution >= 4 is 5.52 Å². The molecule has 0 bridgehead atoms. The summed E-state index contributed by atoms with van der Waals surface area (Å²) in [5, 5.41) is 7.68. The molecule has 0 amide bonds. The molecule has 0 unspecified atom stereocenters. The third kappa shape index (κ3) is 0.739. The summed E-state index contributed by atoms with van der Waals surface area (Å²) in [5.41, 5.74) is 1.18. The van der Waals surface area contributed by atoms with Crippen molar-refractivity contribution in [3.8, 4) is 0 Å². The quantitative estimate of drug-likeness (QED) is 0.562. The first-order chi connectivity index (χ1) is 5.29. The van der Waals surface area contributed by atoms with Crippen LogP contribution in [0.4, 0.5) is 0 Å². The molecule has 0 saturated carbocycles. The third-order valence-electron chi connectivity index (χ3n) is 1.51. The van der Waals surface area contributed by atoms with Gasteiger partial charge in [-0.15, -0.1) is 9.73 Å². The van der Waals surface area contributed by atoms with Crippen molar-refractivity contribution in [2.45, 2.75) is 6.92 Å². The Balaban J connectivity index is 3.08. The molecular formula is C6H6N4O. The van der Waals surface area contributed by atoms with Crippen LogP contribution in [0.3, 0.4) is 0 Å². The van der Waals surface area contributed by atoms with Gasteiger partial charge < -0.3 is 4.98 Å². The highest BCUT2D eigenvalue weighted by Crippen LogP contribution is 1.98. The lowest BCUT2D eigenvalue weighted by atomic mass is 10.3. The first kappa shape index (κ1) is 6.09. The largest absolute Gasteiger partial charge is 0.310 e. The number of hydrogen-bond donors (Lipinski definition) is 1. The zero-order valence-electron chi connectivity index (χ0n) is 5.90. The zero-order chi connectivity index (χ0) is 7.84. The Kier molecular flexibility index (Phi) is 1.06. The first-order valence-electron chi connectivity index (χ1n) is 3.17. The van der Waals surface area contributed by atoms with E-state index < -0.39 is 0 Å². The summed E-state index contributed by atoms with van der Waals surface area (Å²) in [6.07, 6.45) is 2.93. The van der Waals surface area contributed by atoms with Crippen molar-refractivity contribution in [2.24, 2.45) is 0 Å². The van der Waals surface area contributed by atoms with Gasteiger partial charge in [0.25, 0.3) is 5.56 Å². The van der Waals surface area contributed by atoms with Crippen LogP contribution in [0.25, 0.3) is 5.52 Å². The molecule has 2 rings (SSSR count). The Bertz CT molecular complexity index is 441. The molecule has 56 valence electrons. The van der Waals surface area contributed by atoms with E-state index in [1.807, 2.05) is 6.92 Å². The topological polar surface area (TPSA) is 63.1 Å². The SMILES string of the molecule is Cc1cnn2nc[nH]c(=O)c12. The fraction of sp³-hybridized carbons (Fsp3) is 0.167. The van der Waals surface area contributed by atoms with E-state index in [9.17, 15) is 4.79 Å². The van der Waals surface area contributed by atoms with Gasteiger partial charge in [0.15, 0.2) is 5.52 Å². The average Bonchev–Trinajstić information content (AvgIpc) is 2.34. The maximum absolute atomic E-state index is 11.1. The van der Waals surface area contributed by atoms with Gasteiger partial charge in [-0.25, -0.2) is 0 Å². The van der Waals surface area contributed by atoms with E-state index in [1.54, 1.807) is 6.20 Å². The van der Waals surface area contributed by atoms with Gasteiger partial charge in [0, 0.05) is 5.56 Å². The first-order valence-corrected chi connectivity index (χ1v) is 3.17. The maximum Gasteiger partial charge on any atom is 0.277 e. The van der Waals surface area contributed by atoms with Crippen molar-refractivity contribution in [1.29, 1.82) is 0 Å². The minimum absolute atomic E-state index is 0.157. The third-order valence-corrected chi connectivity index (χ3v) is 1.51. The molecule has 0 aliphatic heterocycles. The van der Waals surface area contributed by atoms with Gasteiger partial charge >= 0.3 is 0 Å². The number of aromatic nitrogens is 4. The van der Waals surface area contributed by atoms with Crippen LogP contribution in [-0.2, 0) is 0 Å². The minimum Gasteiger partial charge on any atom is -0.310 e. The van der Waals surface area contributed by atoms with Crippen LogP contribution < -0.4 is 5.56 Å². The second-order valence-electron chi connectivity index (χ2n) is 2.28. The van der Waals surface area contributed by atoms with E-state index in [-0.39, 0.29) is 5.56 Å². The molecule has 0 atom stereocenters. The summed E-state index contributed by atoms with van der Waals surface area (Å²) in [5.74, 6) is 0. The van der Waals surface area contributed by atoms with E-state index in [4.69, 9.17) is 0 Å². The normalized spacial score (nSPS) is 10.6. The molecule has 0 spiro atoms. The molecule has 2 heterocycles. The van der Waals surface area contributed by atoms with Crippen molar-refractivity contribution < 1.29 is 0 Å². The van der Waals surface area contributed by atoms with Crippen molar-refractivity contribution in [1.82, 2.24) is 19.8 Å². The summed E-state index contributed by atoms with van der Waals surface area (Å²) in [6, 6.07) is 0. The van der Waals surface area contributed by atoms with Gasteiger partial charge in [-0.2, -0.15) is 5.10 Å². The van der Waals surface area contributed by atoms with Gasteiger partial charge in [-0.1, -0.05) is 0 Å². The molecular weight excluding hydrogens is 144 g/mol. The van der Waals surface area contributed by atoms with E-state index in [0.29, 0.717) is 5.52 Å². The Labute approximate surface area is 61.7 Å². The Morgan fingerprint density at radius 3 is 3.09 bits per heavy atom. The van der Waals surface area contributed by atoms with Crippen LogP contribution in [0.15, 0.2) is 17.3 Å². The van der Waals surface area contributed by atoms with E-state index in [2.05, 4.69) is 15.2 Å². The van der Waals surface area contributed by atoms with Gasteiger partial charge in [0.2, 0.25) is 0 Å². The lowest BCUT2D eigenvalue weighted by Gasteiger charge is -1.88. The number of H-pyrrole nitrogens is 1. The highest BCUT2D eigenvalue weighted by Gasteiger charge is 2.02. The van der Waals surface area contributed by atoms with Gasteiger partial charge in [0.1, 0.15) is 6.33 Å². The summed E-state index contributed by atoms with van der Waals surface area (Å²) in [6.45, 7) is 1.82. The summed E-state index contributed by atoms with van der Waals surface area (Å²) >= 11 is 0. The molecule has 0 fully saturated rings. The molecule has 11 heavy (non-hydrogen) atoms. The number of nitrogens with one attached hydrogen (secondary N) is 1. The van der Waals surface area contributed by atoms with Crippen molar-refractivity contribution in [3.05, 3.63) is 28.4 Å². The fourth-order valence-electron chi connectivity index (χ4n) is 0.986. The number of fused-ring (bicyclic) bond motifs is 1. The van der Waals surface area contributed by atoms with Crippen molar-refractivity contribution in [3.63, 3.8) is 0 Å². The average molecular weight is 150 g/mol. The standard InChI is InChI=1S/C6H6N4O/c1-4-2-8-10-5(4)6(11)7-3-9-10/h2-3H,1H3,(H,7,9,11). The highest BCUT2D eigenvalue weighted by atomic mass is 16.1. The van der Waals surface area contributed by atoms with Gasteiger partial charge in [-0.3, -0.25) is 4.79 Å². The lowest BCUT2D eigenvalue weighted by Crippen LogP contribution is -2.11. The van der Waals surface area contributed by atoms with E-state index in [1.165, 1.54) is 11.0 Å². The molecule has 0 aliphatic rings. The summed E-state index contributed by atoms with van der Waals surface area (Å²) in [4.78, 5) is 13.6. The number of rotatable bonds is 0. The summed E-state index contributed by atoms with van der Waals surface area (Å²) in [7, 11) is 0.